The van der Waals surface area contributed by atoms with Gasteiger partial charge in [0.2, 0.25) is 0 Å². The van der Waals surface area contributed by atoms with Crippen molar-refractivity contribution >= 4 is 17.3 Å². The first-order chi connectivity index (χ1) is 9.16. The van der Waals surface area contributed by atoms with Gasteiger partial charge in [-0.2, -0.15) is 0 Å². The van der Waals surface area contributed by atoms with E-state index in [1.807, 2.05) is 18.5 Å². The molecule has 19 heavy (non-hydrogen) atoms. The molecule has 2 rings (SSSR count). The molecule has 1 fully saturated rings. The fourth-order valence-corrected chi connectivity index (χ4v) is 3.52. The minimum atomic E-state index is -0.319. The van der Waals surface area contributed by atoms with Crippen molar-refractivity contribution in [1.82, 2.24) is 9.88 Å². The number of carbonyl (C=O) groups is 1. The quantitative estimate of drug-likeness (QED) is 0.779. The van der Waals surface area contributed by atoms with E-state index in [1.165, 1.54) is 19.3 Å². The molecule has 0 aliphatic carbocycles. The van der Waals surface area contributed by atoms with Crippen molar-refractivity contribution < 1.29 is 9.53 Å². The van der Waals surface area contributed by atoms with Gasteiger partial charge in [0.15, 0.2) is 0 Å². The molecule has 1 aromatic heterocycles. The zero-order valence-electron chi connectivity index (χ0n) is 11.7. The SMILES string of the molecule is CCOC(=O)CC(C)(c1nccs1)N1CCCCC1. The number of rotatable bonds is 5. The zero-order valence-corrected chi connectivity index (χ0v) is 12.5. The highest BCUT2D eigenvalue weighted by Gasteiger charge is 2.39. The summed E-state index contributed by atoms with van der Waals surface area (Å²) in [7, 11) is 0. The molecule has 1 aliphatic heterocycles. The molecule has 5 heteroatoms. The Morgan fingerprint density at radius 2 is 2.21 bits per heavy atom. The number of nitrogens with zero attached hydrogens (tertiary/aromatic N) is 2. The molecule has 0 bridgehead atoms. The highest BCUT2D eigenvalue weighted by Crippen LogP contribution is 2.35. The van der Waals surface area contributed by atoms with Gasteiger partial charge in [0.05, 0.1) is 18.6 Å². The molecule has 1 atom stereocenters. The van der Waals surface area contributed by atoms with Gasteiger partial charge in [0, 0.05) is 11.6 Å². The van der Waals surface area contributed by atoms with Gasteiger partial charge in [-0.15, -0.1) is 11.3 Å². The number of hydrogen-bond donors (Lipinski definition) is 0. The molecule has 1 unspecified atom stereocenters. The van der Waals surface area contributed by atoms with Crippen LogP contribution in [0, 0.1) is 0 Å². The largest absolute Gasteiger partial charge is 0.466 e. The van der Waals surface area contributed by atoms with E-state index in [0.29, 0.717) is 13.0 Å². The molecule has 106 valence electrons. The number of esters is 1. The number of aromatic nitrogens is 1. The maximum Gasteiger partial charge on any atom is 0.308 e. The predicted octanol–water partition coefficient (Wildman–Crippen LogP) is 2.80. The standard InChI is InChI=1S/C14H22N2O2S/c1-3-18-12(17)11-14(2,13-15-7-10-19-13)16-8-5-4-6-9-16/h7,10H,3-6,8-9,11H2,1-2H3. The summed E-state index contributed by atoms with van der Waals surface area (Å²) in [5, 5.41) is 2.99. The second-order valence-corrected chi connectivity index (χ2v) is 6.04. The summed E-state index contributed by atoms with van der Waals surface area (Å²) >= 11 is 1.62. The Labute approximate surface area is 118 Å². The lowest BCUT2D eigenvalue weighted by molar-refractivity contribution is -0.146. The Morgan fingerprint density at radius 1 is 1.47 bits per heavy atom. The highest BCUT2D eigenvalue weighted by molar-refractivity contribution is 7.09. The van der Waals surface area contributed by atoms with Gasteiger partial charge < -0.3 is 4.74 Å². The topological polar surface area (TPSA) is 42.4 Å². The summed E-state index contributed by atoms with van der Waals surface area (Å²) in [6.45, 7) is 6.48. The summed E-state index contributed by atoms with van der Waals surface area (Å²) in [5.74, 6) is -0.134. The van der Waals surface area contributed by atoms with E-state index in [0.717, 1.165) is 18.1 Å². The number of likely N-dealkylation sites (tertiary alicyclic amines) is 1. The molecule has 4 nitrogen and oxygen atoms in total. The van der Waals surface area contributed by atoms with Crippen LogP contribution in [0.4, 0.5) is 0 Å². The van der Waals surface area contributed by atoms with Crippen molar-refractivity contribution in [3.63, 3.8) is 0 Å². The van der Waals surface area contributed by atoms with Gasteiger partial charge in [0.1, 0.15) is 5.01 Å². The minimum absolute atomic E-state index is 0.134. The molecular formula is C14H22N2O2S. The van der Waals surface area contributed by atoms with Crippen molar-refractivity contribution in [2.45, 2.75) is 45.1 Å². The maximum absolute atomic E-state index is 11.9. The summed E-state index contributed by atoms with van der Waals surface area (Å²) in [5.41, 5.74) is -0.319. The zero-order chi connectivity index (χ0) is 13.7. The smallest absolute Gasteiger partial charge is 0.308 e. The van der Waals surface area contributed by atoms with Crippen LogP contribution >= 0.6 is 11.3 Å². The Hall–Kier alpha value is -0.940. The van der Waals surface area contributed by atoms with E-state index in [1.54, 1.807) is 11.3 Å². The van der Waals surface area contributed by atoms with Crippen LogP contribution in [0.1, 0.15) is 44.5 Å². The number of piperidine rings is 1. The summed E-state index contributed by atoms with van der Waals surface area (Å²) in [6.07, 6.45) is 5.87. The van der Waals surface area contributed by atoms with Gasteiger partial charge in [-0.25, -0.2) is 4.98 Å². The molecule has 0 saturated carbocycles. The Bertz CT molecular complexity index is 402. The predicted molar refractivity (Wildman–Crippen MR) is 76.1 cm³/mol. The third-order valence-corrected chi connectivity index (χ3v) is 4.77. The fourth-order valence-electron chi connectivity index (χ4n) is 2.69. The molecule has 0 aromatic carbocycles. The molecule has 1 saturated heterocycles. The lowest BCUT2D eigenvalue weighted by atomic mass is 9.93. The Kier molecular flexibility index (Phi) is 4.93. The monoisotopic (exact) mass is 282 g/mol. The van der Waals surface area contributed by atoms with Crippen molar-refractivity contribution in [2.24, 2.45) is 0 Å². The highest BCUT2D eigenvalue weighted by atomic mass is 32.1. The third kappa shape index (κ3) is 3.34. The average Bonchev–Trinajstić information content (AvgIpc) is 2.94. The Balaban J connectivity index is 2.19. The first kappa shape index (κ1) is 14.5. The lowest BCUT2D eigenvalue weighted by Gasteiger charge is -2.41. The van der Waals surface area contributed by atoms with Crippen LogP contribution in [0.2, 0.25) is 0 Å². The van der Waals surface area contributed by atoms with E-state index in [-0.39, 0.29) is 11.5 Å². The van der Waals surface area contributed by atoms with Crippen molar-refractivity contribution in [3.8, 4) is 0 Å². The summed E-state index contributed by atoms with van der Waals surface area (Å²) < 4.78 is 5.14. The number of hydrogen-bond acceptors (Lipinski definition) is 5. The number of carbonyl (C=O) groups excluding carboxylic acids is 1. The van der Waals surface area contributed by atoms with Crippen LogP contribution in [0.15, 0.2) is 11.6 Å². The van der Waals surface area contributed by atoms with Crippen LogP contribution in [0.3, 0.4) is 0 Å². The fraction of sp³-hybridized carbons (Fsp3) is 0.714. The van der Waals surface area contributed by atoms with E-state index in [4.69, 9.17) is 4.74 Å². The van der Waals surface area contributed by atoms with Crippen LogP contribution in [-0.4, -0.2) is 35.5 Å². The summed E-state index contributed by atoms with van der Waals surface area (Å²) in [6, 6.07) is 0. The number of thiazole rings is 1. The molecule has 0 radical (unpaired) electrons. The Morgan fingerprint density at radius 3 is 2.79 bits per heavy atom. The van der Waals surface area contributed by atoms with Crippen molar-refractivity contribution in [1.29, 1.82) is 0 Å². The first-order valence-corrected chi connectivity index (χ1v) is 7.85. The molecule has 0 N–H and O–H groups in total. The van der Waals surface area contributed by atoms with Gasteiger partial charge in [0.25, 0.3) is 0 Å². The van der Waals surface area contributed by atoms with Gasteiger partial charge in [-0.05, 0) is 39.8 Å². The van der Waals surface area contributed by atoms with Crippen LogP contribution in [-0.2, 0) is 15.1 Å². The van der Waals surface area contributed by atoms with Gasteiger partial charge in [-0.1, -0.05) is 6.42 Å². The molecule has 2 heterocycles. The summed E-state index contributed by atoms with van der Waals surface area (Å²) in [4.78, 5) is 18.8. The molecule has 0 spiro atoms. The molecule has 1 aliphatic rings. The van der Waals surface area contributed by atoms with Crippen LogP contribution in [0.5, 0.6) is 0 Å². The molecular weight excluding hydrogens is 260 g/mol. The van der Waals surface area contributed by atoms with Crippen molar-refractivity contribution in [2.75, 3.05) is 19.7 Å². The van der Waals surface area contributed by atoms with Crippen LogP contribution < -0.4 is 0 Å². The normalized spacial score (nSPS) is 19.9. The molecule has 1 aromatic rings. The average molecular weight is 282 g/mol. The minimum Gasteiger partial charge on any atom is -0.466 e. The van der Waals surface area contributed by atoms with Gasteiger partial charge in [-0.3, -0.25) is 9.69 Å². The first-order valence-electron chi connectivity index (χ1n) is 6.97. The third-order valence-electron chi connectivity index (χ3n) is 3.74. The van der Waals surface area contributed by atoms with E-state index < -0.39 is 0 Å². The second-order valence-electron chi connectivity index (χ2n) is 5.14. The van der Waals surface area contributed by atoms with Crippen LogP contribution in [0.25, 0.3) is 0 Å². The second kappa shape index (κ2) is 6.48. The van der Waals surface area contributed by atoms with Crippen molar-refractivity contribution in [3.05, 3.63) is 16.6 Å². The van der Waals surface area contributed by atoms with E-state index >= 15 is 0 Å². The number of ether oxygens (including phenoxy) is 1. The van der Waals surface area contributed by atoms with E-state index in [9.17, 15) is 4.79 Å². The van der Waals surface area contributed by atoms with E-state index in [2.05, 4.69) is 16.8 Å². The molecule has 0 amide bonds. The maximum atomic E-state index is 11.9. The van der Waals surface area contributed by atoms with Gasteiger partial charge >= 0.3 is 5.97 Å². The lowest BCUT2D eigenvalue weighted by Crippen LogP contribution is -2.48.